The Morgan fingerprint density at radius 3 is 1.32 bits per heavy atom. The first-order chi connectivity index (χ1) is 18.8. The molecule has 2 rings (SSSR count). The van der Waals surface area contributed by atoms with Crippen LogP contribution in [0.15, 0.2) is 12.1 Å². The van der Waals surface area contributed by atoms with Crippen molar-refractivity contribution in [3.8, 4) is 34.1 Å². The molecule has 218 valence electrons. The molecule has 0 amide bonds. The van der Waals surface area contributed by atoms with Crippen molar-refractivity contribution in [2.45, 2.75) is 40.3 Å². The van der Waals surface area contributed by atoms with Gasteiger partial charge in [0.2, 0.25) is 0 Å². The van der Waals surface area contributed by atoms with E-state index in [-0.39, 0.29) is 24.7 Å². The molecule has 0 saturated heterocycles. The minimum Gasteiger partial charge on any atom is -0.493 e. The fourth-order valence-corrected chi connectivity index (χ4v) is 3.82. The van der Waals surface area contributed by atoms with Gasteiger partial charge in [-0.05, 0) is 26.0 Å². The highest BCUT2D eigenvalue weighted by atomic mass is 16.6. The summed E-state index contributed by atoms with van der Waals surface area (Å²) in [4.78, 5) is 47.2. The average molecular weight is 568 g/mol. The van der Waals surface area contributed by atoms with E-state index >= 15 is 0 Å². The van der Waals surface area contributed by atoms with Crippen LogP contribution < -0.4 is 18.9 Å². The average Bonchev–Trinajstić information content (AvgIpc) is 2.87. The Balaban J connectivity index is 3.44. The predicted molar refractivity (Wildman–Crippen MR) is 134 cm³/mol. The van der Waals surface area contributed by atoms with E-state index in [1.807, 2.05) is 0 Å². The first kappa shape index (κ1) is 31.8. The monoisotopic (exact) mass is 568 g/mol. The number of hydrogen-bond acceptors (Lipinski definition) is 14. The van der Waals surface area contributed by atoms with Crippen molar-refractivity contribution < 1.29 is 58.1 Å². The number of ether oxygens (including phenoxy) is 6. The lowest BCUT2D eigenvalue weighted by Gasteiger charge is -2.22. The van der Waals surface area contributed by atoms with Gasteiger partial charge in [-0.1, -0.05) is 0 Å². The van der Waals surface area contributed by atoms with Crippen molar-refractivity contribution in [3.63, 3.8) is 0 Å². The molecule has 0 bridgehead atoms. The van der Waals surface area contributed by atoms with Gasteiger partial charge in [0.05, 0.1) is 35.2 Å². The molecule has 40 heavy (non-hydrogen) atoms. The summed E-state index contributed by atoms with van der Waals surface area (Å²) in [5.41, 5.74) is -4.79. The van der Waals surface area contributed by atoms with Crippen LogP contribution in [0, 0.1) is 20.2 Å². The number of hydrogen-bond donors (Lipinski definition) is 2. The van der Waals surface area contributed by atoms with Crippen LogP contribution >= 0.6 is 0 Å². The van der Waals surface area contributed by atoms with Gasteiger partial charge >= 0.3 is 11.9 Å². The predicted octanol–water partition coefficient (Wildman–Crippen LogP) is 3.09. The molecule has 0 aromatic heterocycles. The normalized spacial score (nSPS) is 12.3. The Bertz CT molecular complexity index is 1210. The van der Waals surface area contributed by atoms with Gasteiger partial charge < -0.3 is 38.6 Å². The highest BCUT2D eigenvalue weighted by Gasteiger charge is 2.42. The quantitative estimate of drug-likeness (QED) is 0.117. The molecule has 2 unspecified atom stereocenters. The number of nitrogens with zero attached hydrogens (tertiary/aromatic N) is 2. The summed E-state index contributed by atoms with van der Waals surface area (Å²) < 4.78 is 31.2. The van der Waals surface area contributed by atoms with Gasteiger partial charge in [0.25, 0.3) is 11.4 Å². The summed E-state index contributed by atoms with van der Waals surface area (Å²) in [5.74, 6) is -4.20. The molecule has 2 aromatic carbocycles. The van der Waals surface area contributed by atoms with Crippen LogP contribution in [0.5, 0.6) is 23.0 Å². The molecule has 2 atom stereocenters. The third kappa shape index (κ3) is 6.60. The lowest BCUT2D eigenvalue weighted by atomic mass is 9.92. The minimum absolute atomic E-state index is 0.107. The van der Waals surface area contributed by atoms with Crippen LogP contribution in [-0.2, 0) is 19.1 Å². The second kappa shape index (κ2) is 13.6. The highest BCUT2D eigenvalue weighted by Crippen LogP contribution is 2.57. The number of benzene rings is 2. The standard InChI is InChI=1S/C24H28N2O14/c1-7-37-23(29)13-9-15(35-5)21(39-11(3)27)17(19(13)25(31)32)18-20(26(33)34)14(24(30)38-8-2)10-16(36-6)22(18)40-12(4)28/h9-10,23-24,29-30H,7-8H2,1-6H3. The molecule has 0 heterocycles. The van der Waals surface area contributed by atoms with Gasteiger partial charge in [-0.2, -0.15) is 0 Å². The maximum absolute atomic E-state index is 12.5. The van der Waals surface area contributed by atoms with Crippen LogP contribution in [0.2, 0.25) is 0 Å². The molecular weight excluding hydrogens is 540 g/mol. The molecule has 0 aliphatic rings. The van der Waals surface area contributed by atoms with Gasteiger partial charge in [-0.15, -0.1) is 0 Å². The summed E-state index contributed by atoms with van der Waals surface area (Å²) in [5, 5.41) is 46.3. The van der Waals surface area contributed by atoms with Crippen LogP contribution in [-0.4, -0.2) is 59.4 Å². The van der Waals surface area contributed by atoms with Crippen molar-refractivity contribution in [1.29, 1.82) is 0 Å². The third-order valence-electron chi connectivity index (χ3n) is 5.22. The van der Waals surface area contributed by atoms with E-state index in [9.17, 15) is 40.0 Å². The number of nitro groups is 2. The summed E-state index contributed by atoms with van der Waals surface area (Å²) in [6.07, 6.45) is -3.92. The van der Waals surface area contributed by atoms with Crippen molar-refractivity contribution in [1.82, 2.24) is 0 Å². The van der Waals surface area contributed by atoms with Gasteiger partial charge in [0.15, 0.2) is 35.6 Å². The van der Waals surface area contributed by atoms with Crippen LogP contribution in [0.25, 0.3) is 11.1 Å². The van der Waals surface area contributed by atoms with Crippen molar-refractivity contribution in [3.05, 3.63) is 43.5 Å². The number of aliphatic hydroxyl groups excluding tert-OH is 2. The van der Waals surface area contributed by atoms with Crippen molar-refractivity contribution >= 4 is 23.3 Å². The van der Waals surface area contributed by atoms with Crippen LogP contribution in [0.3, 0.4) is 0 Å². The van der Waals surface area contributed by atoms with E-state index in [4.69, 9.17) is 28.4 Å². The van der Waals surface area contributed by atoms with Gasteiger partial charge in [-0.3, -0.25) is 29.8 Å². The topological polar surface area (TPSA) is 216 Å². The molecule has 0 aliphatic heterocycles. The fourth-order valence-electron chi connectivity index (χ4n) is 3.82. The van der Waals surface area contributed by atoms with Crippen molar-refractivity contribution in [2.75, 3.05) is 27.4 Å². The van der Waals surface area contributed by atoms with E-state index in [0.29, 0.717) is 0 Å². The molecule has 16 nitrogen and oxygen atoms in total. The first-order valence-corrected chi connectivity index (χ1v) is 11.6. The number of carbonyl (C=O) groups is 2. The van der Waals surface area contributed by atoms with E-state index in [1.165, 1.54) is 13.8 Å². The van der Waals surface area contributed by atoms with E-state index in [2.05, 4.69) is 0 Å². The molecule has 0 fully saturated rings. The third-order valence-corrected chi connectivity index (χ3v) is 5.22. The Kier molecular flexibility index (Phi) is 10.8. The summed E-state index contributed by atoms with van der Waals surface area (Å²) in [6.45, 7) is 4.68. The zero-order chi connectivity index (χ0) is 30.3. The highest BCUT2D eigenvalue weighted by molar-refractivity contribution is 5.96. The first-order valence-electron chi connectivity index (χ1n) is 11.6. The largest absolute Gasteiger partial charge is 0.493 e. The lowest BCUT2D eigenvalue weighted by molar-refractivity contribution is -0.388. The zero-order valence-electron chi connectivity index (χ0n) is 22.4. The van der Waals surface area contributed by atoms with Crippen molar-refractivity contribution in [2.24, 2.45) is 0 Å². The summed E-state index contributed by atoms with van der Waals surface area (Å²) >= 11 is 0. The number of methoxy groups -OCH3 is 2. The number of rotatable bonds is 13. The number of esters is 2. The van der Waals surface area contributed by atoms with E-state index in [1.54, 1.807) is 0 Å². The summed E-state index contributed by atoms with van der Waals surface area (Å²) in [6, 6.07) is 1.90. The molecular formula is C24H28N2O14. The van der Waals surface area contributed by atoms with Gasteiger partial charge in [0, 0.05) is 27.1 Å². The Morgan fingerprint density at radius 2 is 1.10 bits per heavy atom. The zero-order valence-corrected chi connectivity index (χ0v) is 22.4. The number of carbonyl (C=O) groups excluding carboxylic acids is 2. The maximum Gasteiger partial charge on any atom is 0.308 e. The lowest BCUT2D eigenvalue weighted by Crippen LogP contribution is -2.15. The molecule has 0 radical (unpaired) electrons. The Morgan fingerprint density at radius 1 is 0.775 bits per heavy atom. The molecule has 0 spiro atoms. The second-order valence-corrected chi connectivity index (χ2v) is 7.76. The minimum atomic E-state index is -1.96. The van der Waals surface area contributed by atoms with E-state index < -0.39 is 79.5 Å². The molecule has 0 saturated carbocycles. The van der Waals surface area contributed by atoms with Gasteiger partial charge in [-0.25, -0.2) is 0 Å². The van der Waals surface area contributed by atoms with Crippen LogP contribution in [0.1, 0.15) is 51.4 Å². The second-order valence-electron chi connectivity index (χ2n) is 7.76. The SMILES string of the molecule is CCOC(O)c1cc(OC)c(OC(C)=O)c(-c2c(OC(C)=O)c(OC)cc(C(O)OCC)c2[N+](=O)[O-])c1[N+](=O)[O-]. The smallest absolute Gasteiger partial charge is 0.308 e. The Labute approximate surface area is 227 Å². The molecule has 2 N–H and O–H groups in total. The fraction of sp³-hybridized carbons (Fsp3) is 0.417. The maximum atomic E-state index is 12.5. The number of aliphatic hydroxyl groups is 2. The number of nitro benzene ring substituents is 2. The van der Waals surface area contributed by atoms with E-state index in [0.717, 1.165) is 40.2 Å². The van der Waals surface area contributed by atoms with Crippen LogP contribution in [0.4, 0.5) is 11.4 Å². The van der Waals surface area contributed by atoms with Gasteiger partial charge in [0.1, 0.15) is 11.1 Å². The molecule has 0 aliphatic carbocycles. The molecule has 16 heteroatoms. The Hall–Kier alpha value is -4.38. The molecule has 2 aromatic rings. The summed E-state index contributed by atoms with van der Waals surface area (Å²) in [7, 11) is 2.21.